The number of nitrogens with zero attached hydrogens (tertiary/aromatic N) is 1. The van der Waals surface area contributed by atoms with Gasteiger partial charge in [-0.05, 0) is 50.1 Å². The number of carbonyl (C=O) groups excluding carboxylic acids is 1. The van der Waals surface area contributed by atoms with E-state index in [2.05, 4.69) is 48.3 Å². The second-order valence-electron chi connectivity index (χ2n) is 7.69. The lowest BCUT2D eigenvalue weighted by molar-refractivity contribution is -0.129. The summed E-state index contributed by atoms with van der Waals surface area (Å²) in [7, 11) is 1.98. The second-order valence-corrected chi connectivity index (χ2v) is 7.69. The van der Waals surface area contributed by atoms with E-state index in [1.807, 2.05) is 25.2 Å². The Morgan fingerprint density at radius 2 is 1.92 bits per heavy atom. The Kier molecular flexibility index (Phi) is 5.11. The summed E-state index contributed by atoms with van der Waals surface area (Å²) in [5, 5.41) is 15.0. The highest BCUT2D eigenvalue weighted by molar-refractivity contribution is 5.88. The molecule has 1 fully saturated rings. The van der Waals surface area contributed by atoms with Crippen molar-refractivity contribution in [3.63, 3.8) is 0 Å². The minimum absolute atomic E-state index is 0.0259. The van der Waals surface area contributed by atoms with Crippen LogP contribution in [0.2, 0.25) is 0 Å². The minimum Gasteiger partial charge on any atom is -0.395 e. The molecule has 134 valence electrons. The van der Waals surface area contributed by atoms with E-state index in [0.29, 0.717) is 6.54 Å². The maximum absolute atomic E-state index is 12.9. The molecular formula is C21H28N2O2. The van der Waals surface area contributed by atoms with Gasteiger partial charge in [-0.3, -0.25) is 4.79 Å². The smallest absolute Gasteiger partial charge is 0.225 e. The standard InChI is InChI=1S/C21H28N2O2/c1-21(2,19-10-6-8-15-7-4-5-9-18(15)19)22-20(25)16-11-12-17(14-24)23(3)13-16/h4-10,16-17,24H,11-14H2,1-3H3,(H,22,25)/t16-,17?/m0/s1. The molecule has 25 heavy (non-hydrogen) atoms. The van der Waals surface area contributed by atoms with E-state index < -0.39 is 5.54 Å². The van der Waals surface area contributed by atoms with Gasteiger partial charge in [0.05, 0.1) is 18.1 Å². The molecule has 1 saturated heterocycles. The van der Waals surface area contributed by atoms with Gasteiger partial charge in [0.1, 0.15) is 0 Å². The molecule has 3 rings (SSSR count). The summed E-state index contributed by atoms with van der Waals surface area (Å²) in [5.41, 5.74) is 0.695. The van der Waals surface area contributed by atoms with Crippen LogP contribution in [0.3, 0.4) is 0 Å². The van der Waals surface area contributed by atoms with Crippen LogP contribution >= 0.6 is 0 Å². The predicted octanol–water partition coefficient (Wildman–Crippen LogP) is 2.89. The zero-order chi connectivity index (χ0) is 18.0. The van der Waals surface area contributed by atoms with Gasteiger partial charge in [0.15, 0.2) is 0 Å². The predicted molar refractivity (Wildman–Crippen MR) is 101 cm³/mol. The lowest BCUT2D eigenvalue weighted by atomic mass is 9.87. The molecule has 1 aliphatic heterocycles. The number of aliphatic hydroxyl groups excluding tert-OH is 1. The maximum atomic E-state index is 12.9. The van der Waals surface area contributed by atoms with Crippen molar-refractivity contribution in [1.82, 2.24) is 10.2 Å². The van der Waals surface area contributed by atoms with Crippen molar-refractivity contribution < 1.29 is 9.90 Å². The molecule has 2 N–H and O–H groups in total. The molecule has 2 aromatic carbocycles. The third kappa shape index (κ3) is 3.70. The summed E-state index contributed by atoms with van der Waals surface area (Å²) < 4.78 is 0. The third-order valence-corrected chi connectivity index (χ3v) is 5.46. The number of amides is 1. The highest BCUT2D eigenvalue weighted by atomic mass is 16.3. The molecule has 0 aromatic heterocycles. The Labute approximate surface area is 149 Å². The van der Waals surface area contributed by atoms with Crippen LogP contribution in [0.5, 0.6) is 0 Å². The number of hydrogen-bond acceptors (Lipinski definition) is 3. The third-order valence-electron chi connectivity index (χ3n) is 5.46. The Morgan fingerprint density at radius 1 is 1.20 bits per heavy atom. The molecule has 0 bridgehead atoms. The molecular weight excluding hydrogens is 312 g/mol. The molecule has 0 saturated carbocycles. The first-order valence-electron chi connectivity index (χ1n) is 9.04. The van der Waals surface area contributed by atoms with Crippen LogP contribution in [0, 0.1) is 5.92 Å². The van der Waals surface area contributed by atoms with Crippen LogP contribution in [0.15, 0.2) is 42.5 Å². The number of fused-ring (bicyclic) bond motifs is 1. The largest absolute Gasteiger partial charge is 0.395 e. The SMILES string of the molecule is CN1C[C@@H](C(=O)NC(C)(C)c2cccc3ccccc23)CCC1CO. The summed E-state index contributed by atoms with van der Waals surface area (Å²) >= 11 is 0. The fourth-order valence-corrected chi connectivity index (χ4v) is 3.89. The minimum atomic E-state index is -0.440. The number of piperidine rings is 1. The number of nitrogens with one attached hydrogen (secondary N) is 1. The molecule has 0 spiro atoms. The molecule has 0 radical (unpaired) electrons. The van der Waals surface area contributed by atoms with Crippen molar-refractivity contribution in [3.05, 3.63) is 48.0 Å². The fraction of sp³-hybridized carbons (Fsp3) is 0.476. The number of likely N-dealkylation sites (tertiary alicyclic amines) is 1. The van der Waals surface area contributed by atoms with E-state index >= 15 is 0 Å². The monoisotopic (exact) mass is 340 g/mol. The van der Waals surface area contributed by atoms with Gasteiger partial charge in [-0.15, -0.1) is 0 Å². The van der Waals surface area contributed by atoms with Crippen molar-refractivity contribution in [1.29, 1.82) is 0 Å². The van der Waals surface area contributed by atoms with Crippen LogP contribution in [0.4, 0.5) is 0 Å². The molecule has 4 nitrogen and oxygen atoms in total. The maximum Gasteiger partial charge on any atom is 0.225 e. The van der Waals surface area contributed by atoms with Crippen LogP contribution in [0.1, 0.15) is 32.3 Å². The molecule has 0 aliphatic carbocycles. The normalized spacial score (nSPS) is 22.1. The Balaban J connectivity index is 1.78. The van der Waals surface area contributed by atoms with Crippen molar-refractivity contribution in [2.45, 2.75) is 38.3 Å². The lowest BCUT2D eigenvalue weighted by Crippen LogP contribution is -2.50. The van der Waals surface area contributed by atoms with E-state index in [1.165, 1.54) is 10.8 Å². The second kappa shape index (κ2) is 7.14. The van der Waals surface area contributed by atoms with Gasteiger partial charge in [-0.2, -0.15) is 0 Å². The number of aliphatic hydroxyl groups is 1. The quantitative estimate of drug-likeness (QED) is 0.900. The van der Waals surface area contributed by atoms with Crippen LogP contribution in [-0.2, 0) is 10.3 Å². The zero-order valence-electron chi connectivity index (χ0n) is 15.3. The van der Waals surface area contributed by atoms with Gasteiger partial charge in [-0.25, -0.2) is 0 Å². The summed E-state index contributed by atoms with van der Waals surface area (Å²) in [6, 6.07) is 14.7. The first-order chi connectivity index (χ1) is 11.9. The number of benzene rings is 2. The van der Waals surface area contributed by atoms with Crippen LogP contribution in [-0.4, -0.2) is 42.2 Å². The van der Waals surface area contributed by atoms with E-state index in [-0.39, 0.29) is 24.5 Å². The summed E-state index contributed by atoms with van der Waals surface area (Å²) in [5.74, 6) is 0.0724. The number of likely N-dealkylation sites (N-methyl/N-ethyl adjacent to an activating group) is 1. The van der Waals surface area contributed by atoms with Crippen molar-refractivity contribution in [3.8, 4) is 0 Å². The van der Waals surface area contributed by atoms with Crippen molar-refractivity contribution in [2.75, 3.05) is 20.2 Å². The summed E-state index contributed by atoms with van der Waals surface area (Å²) in [4.78, 5) is 15.0. The average Bonchev–Trinajstić information content (AvgIpc) is 2.60. The molecule has 2 aromatic rings. The molecule has 1 amide bonds. The number of rotatable bonds is 4. The Morgan fingerprint density at radius 3 is 2.64 bits per heavy atom. The molecule has 4 heteroatoms. The van der Waals surface area contributed by atoms with Gasteiger partial charge in [-0.1, -0.05) is 42.5 Å². The summed E-state index contributed by atoms with van der Waals surface area (Å²) in [6.07, 6.45) is 1.69. The highest BCUT2D eigenvalue weighted by Gasteiger charge is 2.33. The van der Waals surface area contributed by atoms with E-state index in [9.17, 15) is 9.90 Å². The average molecular weight is 340 g/mol. The molecule has 1 unspecified atom stereocenters. The topological polar surface area (TPSA) is 52.6 Å². The van der Waals surface area contributed by atoms with Crippen molar-refractivity contribution in [2.24, 2.45) is 5.92 Å². The van der Waals surface area contributed by atoms with Gasteiger partial charge in [0.25, 0.3) is 0 Å². The molecule has 1 heterocycles. The molecule has 1 aliphatic rings. The van der Waals surface area contributed by atoms with Crippen LogP contribution in [0.25, 0.3) is 10.8 Å². The van der Waals surface area contributed by atoms with Gasteiger partial charge < -0.3 is 15.3 Å². The van der Waals surface area contributed by atoms with Crippen LogP contribution < -0.4 is 5.32 Å². The summed E-state index contributed by atoms with van der Waals surface area (Å²) in [6.45, 7) is 4.99. The first-order valence-corrected chi connectivity index (χ1v) is 9.04. The highest BCUT2D eigenvalue weighted by Crippen LogP contribution is 2.29. The van der Waals surface area contributed by atoms with E-state index in [0.717, 1.165) is 18.4 Å². The zero-order valence-corrected chi connectivity index (χ0v) is 15.3. The molecule has 2 atom stereocenters. The first kappa shape index (κ1) is 17.9. The Hall–Kier alpha value is -1.91. The number of carbonyl (C=O) groups is 1. The van der Waals surface area contributed by atoms with Gasteiger partial charge >= 0.3 is 0 Å². The lowest BCUT2D eigenvalue weighted by Gasteiger charge is -2.37. The fourth-order valence-electron chi connectivity index (χ4n) is 3.89. The van der Waals surface area contributed by atoms with Gasteiger partial charge in [0.2, 0.25) is 5.91 Å². The number of hydrogen-bond donors (Lipinski definition) is 2. The van der Waals surface area contributed by atoms with Crippen molar-refractivity contribution >= 4 is 16.7 Å². The van der Waals surface area contributed by atoms with E-state index in [1.54, 1.807) is 0 Å². The van der Waals surface area contributed by atoms with E-state index in [4.69, 9.17) is 0 Å². The van der Waals surface area contributed by atoms with Gasteiger partial charge in [0, 0.05) is 12.6 Å². The Bertz CT molecular complexity index is 751.